The van der Waals surface area contributed by atoms with E-state index in [1.54, 1.807) is 13.2 Å². The van der Waals surface area contributed by atoms with Crippen molar-refractivity contribution in [2.24, 2.45) is 5.92 Å². The number of nitrogens with one attached hydrogen (secondary N) is 1. The summed E-state index contributed by atoms with van der Waals surface area (Å²) in [5.74, 6) is -0.362. The van der Waals surface area contributed by atoms with Gasteiger partial charge in [-0.15, -0.1) is 6.58 Å². The van der Waals surface area contributed by atoms with Crippen LogP contribution in [0.4, 0.5) is 0 Å². The third-order valence-electron chi connectivity index (χ3n) is 6.24. The van der Waals surface area contributed by atoms with Gasteiger partial charge in [0, 0.05) is 31.5 Å². The molecule has 0 saturated carbocycles. The predicted molar refractivity (Wildman–Crippen MR) is 122 cm³/mol. The van der Waals surface area contributed by atoms with Crippen molar-refractivity contribution in [3.63, 3.8) is 0 Å². The summed E-state index contributed by atoms with van der Waals surface area (Å²) >= 11 is 0. The lowest BCUT2D eigenvalue weighted by atomic mass is 9.71. The van der Waals surface area contributed by atoms with Gasteiger partial charge in [0.1, 0.15) is 5.75 Å². The van der Waals surface area contributed by atoms with Crippen LogP contribution >= 0.6 is 0 Å². The number of methoxy groups -OCH3 is 1. The first-order valence-electron chi connectivity index (χ1n) is 10.9. The summed E-state index contributed by atoms with van der Waals surface area (Å²) in [6, 6.07) is 13.0. The number of aliphatic carboxylic acids is 1. The number of carboxylic acid groups (broad SMARTS) is 1. The Hall–Kier alpha value is -3.52. The molecule has 3 atom stereocenters. The molecule has 2 aliphatic heterocycles. The van der Waals surface area contributed by atoms with E-state index in [4.69, 9.17) is 14.2 Å². The van der Waals surface area contributed by atoms with Crippen LogP contribution in [0.5, 0.6) is 17.2 Å². The molecule has 2 N–H and O–H groups in total. The number of carboxylic acids is 1. The number of nitrogens with zero attached hydrogens (tertiary/aromatic N) is 1. The molecule has 174 valence electrons. The summed E-state index contributed by atoms with van der Waals surface area (Å²) in [6.07, 6.45) is 1.63. The van der Waals surface area contributed by atoms with Crippen LogP contribution in [0, 0.1) is 5.92 Å². The summed E-state index contributed by atoms with van der Waals surface area (Å²) in [7, 11) is 1.59. The standard InChI is InChI=1S/C25H28N2O6/c1-3-10-26-23(28)14-27-12-19(16-4-7-18(31-2)8-5-16)24(25(29)30)20(13-27)17-6-9-21-22(11-17)33-15-32-21/h3-9,11,19-20,24H,1,10,12-15H2,2H3,(H,26,28)(H,29,30)/t19-,20-,24-/m1/s1. The van der Waals surface area contributed by atoms with Crippen molar-refractivity contribution in [2.45, 2.75) is 11.8 Å². The molecular weight excluding hydrogens is 424 g/mol. The lowest BCUT2D eigenvalue weighted by Crippen LogP contribution is -2.49. The second-order valence-electron chi connectivity index (χ2n) is 8.25. The van der Waals surface area contributed by atoms with Gasteiger partial charge in [0.2, 0.25) is 12.7 Å². The number of benzene rings is 2. The summed E-state index contributed by atoms with van der Waals surface area (Å²) in [6.45, 7) is 5.22. The molecule has 2 heterocycles. The van der Waals surface area contributed by atoms with Crippen LogP contribution in [0.2, 0.25) is 0 Å². The fourth-order valence-electron chi connectivity index (χ4n) is 4.68. The number of hydrogen-bond donors (Lipinski definition) is 2. The summed E-state index contributed by atoms with van der Waals surface area (Å²) in [5.41, 5.74) is 1.74. The number of ether oxygens (including phenoxy) is 3. The van der Waals surface area contributed by atoms with Crippen LogP contribution < -0.4 is 19.5 Å². The molecular formula is C25H28N2O6. The minimum Gasteiger partial charge on any atom is -0.497 e. The Morgan fingerprint density at radius 1 is 1.12 bits per heavy atom. The van der Waals surface area contributed by atoms with Gasteiger partial charge in [-0.25, -0.2) is 0 Å². The van der Waals surface area contributed by atoms with Crippen LogP contribution in [0.1, 0.15) is 23.0 Å². The fourth-order valence-corrected chi connectivity index (χ4v) is 4.68. The number of carbonyl (C=O) groups is 2. The molecule has 2 aromatic carbocycles. The zero-order valence-corrected chi connectivity index (χ0v) is 18.5. The van der Waals surface area contributed by atoms with Crippen molar-refractivity contribution in [1.82, 2.24) is 10.2 Å². The van der Waals surface area contributed by atoms with Gasteiger partial charge in [-0.05, 0) is 35.4 Å². The van der Waals surface area contributed by atoms with Crippen molar-refractivity contribution in [3.05, 3.63) is 66.2 Å². The lowest BCUT2D eigenvalue weighted by Gasteiger charge is -2.42. The monoisotopic (exact) mass is 452 g/mol. The summed E-state index contributed by atoms with van der Waals surface area (Å²) in [4.78, 5) is 27.0. The molecule has 1 amide bonds. The van der Waals surface area contributed by atoms with Crippen molar-refractivity contribution < 1.29 is 28.9 Å². The number of carbonyl (C=O) groups excluding carboxylic acids is 1. The van der Waals surface area contributed by atoms with Gasteiger partial charge in [0.15, 0.2) is 11.5 Å². The van der Waals surface area contributed by atoms with E-state index in [0.717, 1.165) is 11.1 Å². The first-order chi connectivity index (χ1) is 16.0. The van der Waals surface area contributed by atoms with Gasteiger partial charge in [0.05, 0.1) is 19.6 Å². The molecule has 2 aromatic rings. The van der Waals surface area contributed by atoms with E-state index in [2.05, 4.69) is 11.9 Å². The Kier molecular flexibility index (Phi) is 6.84. The van der Waals surface area contributed by atoms with E-state index < -0.39 is 11.9 Å². The normalized spacial score (nSPS) is 21.9. The van der Waals surface area contributed by atoms with Crippen LogP contribution in [0.3, 0.4) is 0 Å². The Bertz CT molecular complexity index is 1020. The van der Waals surface area contributed by atoms with Crippen LogP contribution in [-0.2, 0) is 9.59 Å². The third kappa shape index (κ3) is 4.96. The molecule has 0 aliphatic carbocycles. The SMILES string of the molecule is C=CCNC(=O)CN1C[C@H](c2ccc(OC)cc2)[C@@H](C(=O)O)[C@@H](c2ccc3c(c2)OCO3)C1. The molecule has 0 bridgehead atoms. The number of hydrogen-bond acceptors (Lipinski definition) is 6. The van der Waals surface area contributed by atoms with E-state index in [0.29, 0.717) is 36.9 Å². The molecule has 4 rings (SSSR count). The number of amides is 1. The first-order valence-corrected chi connectivity index (χ1v) is 10.9. The minimum atomic E-state index is -0.866. The van der Waals surface area contributed by atoms with Crippen LogP contribution in [-0.4, -0.2) is 62.0 Å². The molecule has 33 heavy (non-hydrogen) atoms. The van der Waals surface area contributed by atoms with Crippen molar-refractivity contribution in [1.29, 1.82) is 0 Å². The fraction of sp³-hybridized carbons (Fsp3) is 0.360. The number of rotatable bonds is 8. The highest BCUT2D eigenvalue weighted by Gasteiger charge is 2.43. The smallest absolute Gasteiger partial charge is 0.307 e. The second kappa shape index (κ2) is 9.95. The molecule has 2 aliphatic rings. The van der Waals surface area contributed by atoms with E-state index in [1.807, 2.05) is 47.4 Å². The van der Waals surface area contributed by atoms with E-state index in [1.165, 1.54) is 0 Å². The molecule has 1 fully saturated rings. The van der Waals surface area contributed by atoms with E-state index >= 15 is 0 Å². The second-order valence-corrected chi connectivity index (χ2v) is 8.25. The Balaban J connectivity index is 1.69. The number of piperidine rings is 1. The average Bonchev–Trinajstić information content (AvgIpc) is 3.30. The van der Waals surface area contributed by atoms with Gasteiger partial charge >= 0.3 is 5.97 Å². The molecule has 0 spiro atoms. The Labute approximate surface area is 192 Å². The number of likely N-dealkylation sites (tertiary alicyclic amines) is 1. The maximum Gasteiger partial charge on any atom is 0.307 e. The van der Waals surface area contributed by atoms with Crippen LogP contribution in [0.25, 0.3) is 0 Å². The largest absolute Gasteiger partial charge is 0.497 e. The topological polar surface area (TPSA) is 97.3 Å². The number of fused-ring (bicyclic) bond motifs is 1. The van der Waals surface area contributed by atoms with Gasteiger partial charge in [-0.2, -0.15) is 0 Å². The van der Waals surface area contributed by atoms with Gasteiger partial charge in [-0.3, -0.25) is 14.5 Å². The predicted octanol–water partition coefficient (Wildman–Crippen LogP) is 2.61. The van der Waals surface area contributed by atoms with E-state index in [-0.39, 0.29) is 31.1 Å². The molecule has 1 saturated heterocycles. The maximum absolute atomic E-state index is 12.6. The van der Waals surface area contributed by atoms with E-state index in [9.17, 15) is 14.7 Å². The Morgan fingerprint density at radius 3 is 2.45 bits per heavy atom. The third-order valence-corrected chi connectivity index (χ3v) is 6.24. The highest BCUT2D eigenvalue weighted by Crippen LogP contribution is 2.44. The van der Waals surface area contributed by atoms with Crippen molar-refractivity contribution in [3.8, 4) is 17.2 Å². The Morgan fingerprint density at radius 2 is 1.79 bits per heavy atom. The highest BCUT2D eigenvalue weighted by atomic mass is 16.7. The summed E-state index contributed by atoms with van der Waals surface area (Å²) < 4.78 is 16.2. The quantitative estimate of drug-likeness (QED) is 0.594. The zero-order chi connectivity index (χ0) is 23.4. The summed E-state index contributed by atoms with van der Waals surface area (Å²) in [5, 5.41) is 13.1. The van der Waals surface area contributed by atoms with Gasteiger partial charge in [0.25, 0.3) is 0 Å². The molecule has 8 heteroatoms. The maximum atomic E-state index is 12.6. The lowest BCUT2D eigenvalue weighted by molar-refractivity contribution is -0.145. The zero-order valence-electron chi connectivity index (χ0n) is 18.5. The minimum absolute atomic E-state index is 0.124. The molecule has 0 radical (unpaired) electrons. The highest BCUT2D eigenvalue weighted by molar-refractivity contribution is 5.78. The van der Waals surface area contributed by atoms with Gasteiger partial charge in [-0.1, -0.05) is 24.3 Å². The van der Waals surface area contributed by atoms with Crippen molar-refractivity contribution >= 4 is 11.9 Å². The first kappa shape index (κ1) is 22.7. The average molecular weight is 453 g/mol. The molecule has 0 unspecified atom stereocenters. The molecule has 0 aromatic heterocycles. The van der Waals surface area contributed by atoms with Crippen LogP contribution in [0.15, 0.2) is 55.1 Å². The van der Waals surface area contributed by atoms with Crippen molar-refractivity contribution in [2.75, 3.05) is 40.1 Å². The van der Waals surface area contributed by atoms with Gasteiger partial charge < -0.3 is 24.6 Å². The molecule has 8 nitrogen and oxygen atoms in total.